The maximum absolute atomic E-state index is 12.8. The Bertz CT molecular complexity index is 1510. The summed E-state index contributed by atoms with van der Waals surface area (Å²) in [5, 5.41) is 17.0. The van der Waals surface area contributed by atoms with Gasteiger partial charge in [-0.05, 0) is 42.3 Å². The van der Waals surface area contributed by atoms with Gasteiger partial charge in [-0.15, -0.1) is 10.2 Å². The van der Waals surface area contributed by atoms with E-state index in [2.05, 4.69) is 15.2 Å². The molecule has 5 heterocycles. The number of nitrogens with zero attached hydrogens (tertiary/aromatic N) is 6. The molecule has 5 rings (SSSR count). The Labute approximate surface area is 196 Å². The molecule has 0 bridgehead atoms. The van der Waals surface area contributed by atoms with Crippen LogP contribution < -0.4 is 5.56 Å². The van der Waals surface area contributed by atoms with Gasteiger partial charge in [0.1, 0.15) is 11.5 Å². The van der Waals surface area contributed by atoms with Gasteiger partial charge in [-0.2, -0.15) is 13.2 Å². The van der Waals surface area contributed by atoms with E-state index >= 15 is 0 Å². The van der Waals surface area contributed by atoms with Gasteiger partial charge < -0.3 is 14.6 Å². The maximum Gasteiger partial charge on any atom is 0.435 e. The van der Waals surface area contributed by atoms with Gasteiger partial charge in [0.05, 0.1) is 5.69 Å². The smallest absolute Gasteiger partial charge is 0.435 e. The van der Waals surface area contributed by atoms with E-state index in [1.807, 2.05) is 17.7 Å². The Hall–Kier alpha value is -4.22. The monoisotopic (exact) mass is 484 g/mol. The molecule has 1 aliphatic rings. The predicted octanol–water partition coefficient (Wildman–Crippen LogP) is 3.28. The summed E-state index contributed by atoms with van der Waals surface area (Å²) >= 11 is 0. The van der Waals surface area contributed by atoms with Crippen LogP contribution in [0.1, 0.15) is 17.0 Å². The van der Waals surface area contributed by atoms with Gasteiger partial charge in [0, 0.05) is 55.5 Å². The van der Waals surface area contributed by atoms with Crippen LogP contribution in [0.25, 0.3) is 28.1 Å². The highest BCUT2D eigenvalue weighted by Crippen LogP contribution is 2.29. The lowest BCUT2D eigenvalue weighted by Crippen LogP contribution is -2.31. The Balaban J connectivity index is 1.48. The molecule has 0 spiro atoms. The third kappa shape index (κ3) is 4.00. The van der Waals surface area contributed by atoms with Crippen molar-refractivity contribution in [3.63, 3.8) is 0 Å². The fraction of sp³-hybridized carbons (Fsp3) is 0.261. The highest BCUT2D eigenvalue weighted by atomic mass is 19.4. The highest BCUT2D eigenvalue weighted by molar-refractivity contribution is 5.83. The van der Waals surface area contributed by atoms with Gasteiger partial charge in [0.15, 0.2) is 5.69 Å². The molecule has 4 aromatic heterocycles. The predicted molar refractivity (Wildman–Crippen MR) is 119 cm³/mol. The Morgan fingerprint density at radius 3 is 2.49 bits per heavy atom. The van der Waals surface area contributed by atoms with Gasteiger partial charge in [-0.1, -0.05) is 0 Å². The number of pyridine rings is 2. The molecule has 0 atom stereocenters. The number of carbonyl (C=O) groups is 1. The van der Waals surface area contributed by atoms with E-state index in [0.29, 0.717) is 43.0 Å². The minimum atomic E-state index is -4.59. The van der Waals surface area contributed by atoms with E-state index in [0.717, 1.165) is 22.7 Å². The van der Waals surface area contributed by atoms with E-state index in [1.165, 1.54) is 27.8 Å². The summed E-state index contributed by atoms with van der Waals surface area (Å²) in [6.07, 6.45) is -2.91. The van der Waals surface area contributed by atoms with Crippen LogP contribution in [0.3, 0.4) is 0 Å². The second-order valence-electron chi connectivity index (χ2n) is 8.22. The topological polar surface area (TPSA) is 106 Å². The molecular formula is C23H19F3N6O3. The van der Waals surface area contributed by atoms with Crippen LogP contribution in [-0.2, 0) is 26.1 Å². The van der Waals surface area contributed by atoms with E-state index in [1.54, 1.807) is 12.1 Å². The lowest BCUT2D eigenvalue weighted by atomic mass is 10.1. The zero-order valence-electron chi connectivity index (χ0n) is 18.5. The largest absolute Gasteiger partial charge is 0.465 e. The highest BCUT2D eigenvalue weighted by Gasteiger charge is 2.33. The third-order valence-electron chi connectivity index (χ3n) is 6.19. The first kappa shape index (κ1) is 22.6. The van der Waals surface area contributed by atoms with Gasteiger partial charge in [-0.3, -0.25) is 9.36 Å². The zero-order chi connectivity index (χ0) is 24.9. The first-order chi connectivity index (χ1) is 16.6. The fourth-order valence-electron chi connectivity index (χ4n) is 4.40. The molecule has 0 saturated heterocycles. The standard InChI is InChI=1S/C23H19F3N6O3/c1-30-17-8-10-31(22(34)35)9-7-14(17)15-2-5-19(27-21(15)30)32-11-6-13(12-20(32)33)16-3-4-18(29-28-16)23(24,25)26/h2-6,11-12H,7-10H2,1H3,(H,34,35). The van der Waals surface area contributed by atoms with Crippen LogP contribution in [-0.4, -0.2) is 53.5 Å². The summed E-state index contributed by atoms with van der Waals surface area (Å²) in [5.41, 5.74) is 1.69. The van der Waals surface area contributed by atoms with E-state index in [4.69, 9.17) is 0 Å². The molecular weight excluding hydrogens is 465 g/mol. The van der Waals surface area contributed by atoms with Crippen LogP contribution in [0.4, 0.5) is 18.0 Å². The van der Waals surface area contributed by atoms with Gasteiger partial charge in [0.25, 0.3) is 5.56 Å². The summed E-state index contributed by atoms with van der Waals surface area (Å²) in [4.78, 5) is 30.3. The average Bonchev–Trinajstić information content (AvgIpc) is 2.96. The second kappa shape index (κ2) is 8.22. The minimum Gasteiger partial charge on any atom is -0.465 e. The summed E-state index contributed by atoms with van der Waals surface area (Å²) in [5.74, 6) is 0.385. The number of hydrogen-bond acceptors (Lipinski definition) is 5. The van der Waals surface area contributed by atoms with Gasteiger partial charge >= 0.3 is 12.3 Å². The molecule has 1 amide bonds. The number of rotatable bonds is 2. The Morgan fingerprint density at radius 1 is 1.06 bits per heavy atom. The zero-order valence-corrected chi connectivity index (χ0v) is 18.5. The molecule has 35 heavy (non-hydrogen) atoms. The number of halogens is 3. The first-order valence-electron chi connectivity index (χ1n) is 10.7. The molecule has 12 heteroatoms. The van der Waals surface area contributed by atoms with E-state index < -0.39 is 23.5 Å². The quantitative estimate of drug-likeness (QED) is 0.468. The summed E-state index contributed by atoms with van der Waals surface area (Å²) in [6, 6.07) is 8.39. The van der Waals surface area contributed by atoms with E-state index in [9.17, 15) is 27.9 Å². The lowest BCUT2D eigenvalue weighted by Gasteiger charge is -2.15. The van der Waals surface area contributed by atoms with Crippen molar-refractivity contribution in [2.24, 2.45) is 7.05 Å². The fourth-order valence-corrected chi connectivity index (χ4v) is 4.40. The maximum atomic E-state index is 12.8. The summed E-state index contributed by atoms with van der Waals surface area (Å²) in [7, 11) is 1.86. The van der Waals surface area contributed by atoms with E-state index in [-0.39, 0.29) is 5.69 Å². The SMILES string of the molecule is Cn1c2c(c3ccc(-n4ccc(-c5ccc(C(F)(F)F)nn5)cc4=O)nc31)CCN(C(=O)O)CC2. The Morgan fingerprint density at radius 2 is 1.83 bits per heavy atom. The lowest BCUT2D eigenvalue weighted by molar-refractivity contribution is -0.141. The van der Waals surface area contributed by atoms with Crippen LogP contribution in [0, 0.1) is 0 Å². The molecule has 1 aliphatic heterocycles. The van der Waals surface area contributed by atoms with Crippen LogP contribution in [0.5, 0.6) is 0 Å². The molecule has 9 nitrogen and oxygen atoms in total. The molecule has 0 saturated carbocycles. The summed E-state index contributed by atoms with van der Waals surface area (Å²) in [6.45, 7) is 0.796. The van der Waals surface area contributed by atoms with Crippen molar-refractivity contribution in [2.45, 2.75) is 19.0 Å². The first-order valence-corrected chi connectivity index (χ1v) is 10.7. The molecule has 0 aromatic carbocycles. The molecule has 0 unspecified atom stereocenters. The number of aromatic nitrogens is 5. The number of aryl methyl sites for hydroxylation is 1. The number of fused-ring (bicyclic) bond motifs is 3. The van der Waals surface area contributed by atoms with Gasteiger partial charge in [-0.25, -0.2) is 9.78 Å². The van der Waals surface area contributed by atoms with Crippen LogP contribution in [0.2, 0.25) is 0 Å². The summed E-state index contributed by atoms with van der Waals surface area (Å²) < 4.78 is 41.4. The second-order valence-corrected chi connectivity index (χ2v) is 8.22. The Kier molecular flexibility index (Phi) is 5.30. The van der Waals surface area contributed by atoms with Crippen LogP contribution >= 0.6 is 0 Å². The van der Waals surface area contributed by atoms with Crippen molar-refractivity contribution < 1.29 is 23.1 Å². The number of hydrogen-bond donors (Lipinski definition) is 1. The van der Waals surface area contributed by atoms with Crippen molar-refractivity contribution >= 4 is 17.1 Å². The van der Waals surface area contributed by atoms with Crippen molar-refractivity contribution in [3.8, 4) is 17.1 Å². The molecule has 0 fully saturated rings. The van der Waals surface area contributed by atoms with Crippen LogP contribution in [0.15, 0.2) is 47.4 Å². The van der Waals surface area contributed by atoms with Crippen molar-refractivity contribution in [2.75, 3.05) is 13.1 Å². The van der Waals surface area contributed by atoms with Gasteiger partial charge in [0.2, 0.25) is 0 Å². The minimum absolute atomic E-state index is 0.146. The normalized spacial score (nSPS) is 14.1. The molecule has 180 valence electrons. The molecule has 0 radical (unpaired) electrons. The number of alkyl halides is 3. The molecule has 4 aromatic rings. The van der Waals surface area contributed by atoms with Crippen molar-refractivity contribution in [3.05, 3.63) is 69.9 Å². The van der Waals surface area contributed by atoms with Crippen molar-refractivity contribution in [1.82, 2.24) is 29.2 Å². The number of carboxylic acid groups (broad SMARTS) is 1. The van der Waals surface area contributed by atoms with Crippen molar-refractivity contribution in [1.29, 1.82) is 0 Å². The average molecular weight is 484 g/mol. The molecule has 1 N–H and O–H groups in total. The number of amides is 1. The third-order valence-corrected chi connectivity index (χ3v) is 6.19. The molecule has 0 aliphatic carbocycles.